The van der Waals surface area contributed by atoms with Crippen molar-refractivity contribution in [3.63, 3.8) is 0 Å². The molecule has 1 N–H and O–H groups in total. The second-order valence-corrected chi connectivity index (χ2v) is 8.03. The van der Waals surface area contributed by atoms with E-state index >= 15 is 0 Å². The van der Waals surface area contributed by atoms with Gasteiger partial charge in [0.15, 0.2) is 18.1 Å². The number of carbonyl (C=O) groups excluding carboxylic acids is 2. The molecule has 1 amide bonds. The number of rotatable bonds is 9. The van der Waals surface area contributed by atoms with Crippen molar-refractivity contribution in [1.82, 2.24) is 5.43 Å². The number of esters is 1. The molecule has 0 atom stereocenters. The summed E-state index contributed by atoms with van der Waals surface area (Å²) in [4.78, 5) is 24.6. The lowest BCUT2D eigenvalue weighted by Gasteiger charge is -2.11. The average molecular weight is 503 g/mol. The zero-order valence-corrected chi connectivity index (χ0v) is 20.2. The number of ether oxygens (including phenoxy) is 3. The lowest BCUT2D eigenvalue weighted by Crippen LogP contribution is -2.24. The Kier molecular flexibility index (Phi) is 8.16. The minimum Gasteiger partial charge on any atom is -0.490 e. The Hall–Kier alpha value is -4.36. The smallest absolute Gasteiger partial charge is 0.343 e. The molecule has 8 heteroatoms. The molecule has 4 aromatic rings. The van der Waals surface area contributed by atoms with Gasteiger partial charge in [-0.25, -0.2) is 10.2 Å². The van der Waals surface area contributed by atoms with Crippen molar-refractivity contribution in [3.8, 4) is 17.2 Å². The molecule has 0 aliphatic heterocycles. The van der Waals surface area contributed by atoms with E-state index in [2.05, 4.69) is 10.5 Å². The van der Waals surface area contributed by atoms with Gasteiger partial charge < -0.3 is 14.2 Å². The highest BCUT2D eigenvalue weighted by Crippen LogP contribution is 2.29. The van der Waals surface area contributed by atoms with Crippen LogP contribution in [0.25, 0.3) is 10.8 Å². The van der Waals surface area contributed by atoms with Gasteiger partial charge in [-0.2, -0.15) is 5.10 Å². The number of hydrogen-bond donors (Lipinski definition) is 1. The maximum Gasteiger partial charge on any atom is 0.343 e. The van der Waals surface area contributed by atoms with Crippen LogP contribution in [-0.2, 0) is 4.79 Å². The second-order valence-electron chi connectivity index (χ2n) is 7.59. The van der Waals surface area contributed by atoms with Crippen molar-refractivity contribution in [1.29, 1.82) is 0 Å². The van der Waals surface area contributed by atoms with E-state index in [1.165, 1.54) is 6.21 Å². The molecule has 36 heavy (non-hydrogen) atoms. The highest BCUT2D eigenvalue weighted by Gasteiger charge is 2.13. The Morgan fingerprint density at radius 3 is 2.47 bits per heavy atom. The summed E-state index contributed by atoms with van der Waals surface area (Å²) < 4.78 is 16.8. The summed E-state index contributed by atoms with van der Waals surface area (Å²) in [6, 6.07) is 24.8. The molecule has 0 saturated heterocycles. The molecule has 0 unspecified atom stereocenters. The molecule has 0 radical (unpaired) electrons. The third-order valence-corrected chi connectivity index (χ3v) is 5.31. The number of fused-ring (bicyclic) bond motifs is 1. The van der Waals surface area contributed by atoms with Crippen molar-refractivity contribution in [2.75, 3.05) is 13.2 Å². The van der Waals surface area contributed by atoms with Crippen molar-refractivity contribution >= 4 is 40.5 Å². The van der Waals surface area contributed by atoms with Crippen LogP contribution >= 0.6 is 11.6 Å². The number of benzene rings is 4. The van der Waals surface area contributed by atoms with Crippen molar-refractivity contribution < 1.29 is 23.8 Å². The molecule has 0 bridgehead atoms. The van der Waals surface area contributed by atoms with Crippen LogP contribution in [-0.4, -0.2) is 31.3 Å². The zero-order valence-electron chi connectivity index (χ0n) is 19.4. The normalized spacial score (nSPS) is 10.8. The first kappa shape index (κ1) is 24.8. The third kappa shape index (κ3) is 6.40. The Balaban J connectivity index is 1.36. The molecule has 0 heterocycles. The first-order valence-electron chi connectivity index (χ1n) is 11.2. The summed E-state index contributed by atoms with van der Waals surface area (Å²) in [5, 5.41) is 6.46. The fourth-order valence-electron chi connectivity index (χ4n) is 3.38. The van der Waals surface area contributed by atoms with Crippen LogP contribution < -0.4 is 19.6 Å². The molecule has 4 aromatic carbocycles. The Bertz CT molecular complexity index is 1400. The number of nitrogens with one attached hydrogen (secondary N) is 1. The van der Waals surface area contributed by atoms with Gasteiger partial charge in [-0.3, -0.25) is 4.79 Å². The number of carbonyl (C=O) groups is 2. The number of nitrogens with zero attached hydrogens (tertiary/aromatic N) is 1. The molecule has 0 aliphatic carbocycles. The largest absolute Gasteiger partial charge is 0.490 e. The summed E-state index contributed by atoms with van der Waals surface area (Å²) in [6.45, 7) is 2.01. The summed E-state index contributed by atoms with van der Waals surface area (Å²) in [5.74, 6) is 0.318. The van der Waals surface area contributed by atoms with Crippen LogP contribution in [0.2, 0.25) is 5.02 Å². The van der Waals surface area contributed by atoms with Gasteiger partial charge in [0, 0.05) is 10.4 Å². The van der Waals surface area contributed by atoms with Crippen LogP contribution in [0.5, 0.6) is 17.2 Å². The summed E-state index contributed by atoms with van der Waals surface area (Å²) in [5.41, 5.74) is 3.44. The zero-order chi connectivity index (χ0) is 25.3. The first-order chi connectivity index (χ1) is 17.5. The van der Waals surface area contributed by atoms with E-state index in [4.69, 9.17) is 25.8 Å². The van der Waals surface area contributed by atoms with E-state index in [-0.39, 0.29) is 12.4 Å². The molecule has 0 aliphatic rings. The predicted molar refractivity (Wildman–Crippen MR) is 139 cm³/mol. The number of hydrogen-bond acceptors (Lipinski definition) is 6. The van der Waals surface area contributed by atoms with Gasteiger partial charge in [-0.15, -0.1) is 0 Å². The van der Waals surface area contributed by atoms with Crippen molar-refractivity contribution in [2.24, 2.45) is 5.10 Å². The van der Waals surface area contributed by atoms with Gasteiger partial charge in [0.1, 0.15) is 5.75 Å². The SMILES string of the molecule is CCOc1cc(C=NNC(=O)COc2cccc3ccccc23)ccc1OC(=O)c1ccc(Cl)cc1. The lowest BCUT2D eigenvalue weighted by molar-refractivity contribution is -0.123. The molecule has 0 saturated carbocycles. The quantitative estimate of drug-likeness (QED) is 0.138. The van der Waals surface area contributed by atoms with Gasteiger partial charge in [-0.05, 0) is 66.4 Å². The van der Waals surface area contributed by atoms with Crippen LogP contribution in [0.3, 0.4) is 0 Å². The van der Waals surface area contributed by atoms with E-state index in [9.17, 15) is 9.59 Å². The molecule has 4 rings (SSSR count). The molecule has 0 fully saturated rings. The molecule has 182 valence electrons. The standard InChI is InChI=1S/C28H23ClN2O5/c1-2-34-26-16-19(10-15-25(26)36-28(33)21-11-13-22(29)14-12-21)17-30-31-27(32)18-35-24-9-5-7-20-6-3-4-8-23(20)24/h3-17H,2,18H2,1H3,(H,31,32). The van der Waals surface area contributed by atoms with Gasteiger partial charge in [0.2, 0.25) is 0 Å². The molecular formula is C28H23ClN2O5. The highest BCUT2D eigenvalue weighted by atomic mass is 35.5. The summed E-state index contributed by atoms with van der Waals surface area (Å²) in [6.07, 6.45) is 1.46. The molecule has 0 spiro atoms. The van der Waals surface area contributed by atoms with Gasteiger partial charge in [0.25, 0.3) is 5.91 Å². The van der Waals surface area contributed by atoms with E-state index in [1.54, 1.807) is 42.5 Å². The van der Waals surface area contributed by atoms with Gasteiger partial charge in [0.05, 0.1) is 18.4 Å². The van der Waals surface area contributed by atoms with Gasteiger partial charge >= 0.3 is 5.97 Å². The molecular weight excluding hydrogens is 480 g/mol. The Labute approximate surface area is 213 Å². The highest BCUT2D eigenvalue weighted by molar-refractivity contribution is 6.30. The van der Waals surface area contributed by atoms with E-state index in [0.717, 1.165) is 10.8 Å². The fraction of sp³-hybridized carbons (Fsp3) is 0.107. The minimum absolute atomic E-state index is 0.185. The second kappa shape index (κ2) is 11.9. The maximum absolute atomic E-state index is 12.4. The van der Waals surface area contributed by atoms with Crippen LogP contribution in [0.1, 0.15) is 22.8 Å². The van der Waals surface area contributed by atoms with Gasteiger partial charge in [-0.1, -0.05) is 48.0 Å². The van der Waals surface area contributed by atoms with E-state index < -0.39 is 11.9 Å². The van der Waals surface area contributed by atoms with Crippen LogP contribution in [0, 0.1) is 0 Å². The lowest BCUT2D eigenvalue weighted by atomic mass is 10.1. The predicted octanol–water partition coefficient (Wildman–Crippen LogP) is 5.64. The fourth-order valence-corrected chi connectivity index (χ4v) is 3.50. The Morgan fingerprint density at radius 2 is 1.67 bits per heavy atom. The summed E-state index contributed by atoms with van der Waals surface area (Å²) in [7, 11) is 0. The number of hydrazone groups is 1. The Morgan fingerprint density at radius 1 is 0.889 bits per heavy atom. The number of amides is 1. The molecule has 7 nitrogen and oxygen atoms in total. The van der Waals surface area contributed by atoms with Crippen molar-refractivity contribution in [3.05, 3.63) is 101 Å². The van der Waals surface area contributed by atoms with E-state index in [0.29, 0.717) is 34.3 Å². The van der Waals surface area contributed by atoms with E-state index in [1.807, 2.05) is 49.4 Å². The van der Waals surface area contributed by atoms with Crippen molar-refractivity contribution in [2.45, 2.75) is 6.92 Å². The minimum atomic E-state index is -0.535. The summed E-state index contributed by atoms with van der Waals surface area (Å²) >= 11 is 5.87. The van der Waals surface area contributed by atoms with Crippen LogP contribution in [0.15, 0.2) is 90.0 Å². The number of halogens is 1. The third-order valence-electron chi connectivity index (χ3n) is 5.06. The topological polar surface area (TPSA) is 86.2 Å². The first-order valence-corrected chi connectivity index (χ1v) is 11.6. The maximum atomic E-state index is 12.4. The monoisotopic (exact) mass is 502 g/mol. The van der Waals surface area contributed by atoms with Crippen LogP contribution in [0.4, 0.5) is 0 Å². The average Bonchev–Trinajstić information content (AvgIpc) is 2.89. The molecule has 0 aromatic heterocycles.